The number of benzene rings is 1. The van der Waals surface area contributed by atoms with Crippen molar-refractivity contribution in [1.29, 1.82) is 5.26 Å². The average molecular weight is 369 g/mol. The number of hydrogen-bond donors (Lipinski definition) is 2. The van der Waals surface area contributed by atoms with Gasteiger partial charge in [-0.2, -0.15) is 5.26 Å². The maximum atomic E-state index is 12.7. The SMILES string of the molecule is CCOC(=O)C1=C(N)OC2=C(C1c1ccc(OC)cc1)C(C#N)C(N)CC2. The lowest BCUT2D eigenvalue weighted by atomic mass is 9.71. The van der Waals surface area contributed by atoms with Crippen molar-refractivity contribution in [2.24, 2.45) is 17.4 Å². The number of carbonyl (C=O) groups is 1. The third-order valence-electron chi connectivity index (χ3n) is 4.97. The molecule has 0 bridgehead atoms. The van der Waals surface area contributed by atoms with Gasteiger partial charge in [0.25, 0.3) is 0 Å². The van der Waals surface area contributed by atoms with Crippen molar-refractivity contribution >= 4 is 5.97 Å². The van der Waals surface area contributed by atoms with E-state index in [-0.39, 0.29) is 24.1 Å². The molecular weight excluding hydrogens is 346 g/mol. The Hall–Kier alpha value is -2.98. The van der Waals surface area contributed by atoms with E-state index in [0.29, 0.717) is 29.9 Å². The molecule has 0 spiro atoms. The van der Waals surface area contributed by atoms with Crippen LogP contribution in [0.2, 0.25) is 0 Å². The molecule has 4 N–H and O–H groups in total. The van der Waals surface area contributed by atoms with Crippen LogP contribution in [0, 0.1) is 17.2 Å². The van der Waals surface area contributed by atoms with Crippen molar-refractivity contribution < 1.29 is 19.0 Å². The number of rotatable bonds is 4. The second-order valence-corrected chi connectivity index (χ2v) is 6.49. The van der Waals surface area contributed by atoms with Crippen LogP contribution in [0.4, 0.5) is 0 Å². The Labute approximate surface area is 158 Å². The highest BCUT2D eigenvalue weighted by molar-refractivity contribution is 5.92. The van der Waals surface area contributed by atoms with Gasteiger partial charge in [0, 0.05) is 18.4 Å². The molecule has 3 atom stereocenters. The molecule has 142 valence electrons. The molecular formula is C20H23N3O4. The normalized spacial score (nSPS) is 24.6. The van der Waals surface area contributed by atoms with Gasteiger partial charge in [-0.25, -0.2) is 4.79 Å². The summed E-state index contributed by atoms with van der Waals surface area (Å²) in [5, 5.41) is 9.74. The summed E-state index contributed by atoms with van der Waals surface area (Å²) < 4.78 is 16.2. The average Bonchev–Trinajstić information content (AvgIpc) is 2.67. The van der Waals surface area contributed by atoms with Crippen LogP contribution in [0.1, 0.15) is 31.2 Å². The number of nitrogens with zero attached hydrogens (tertiary/aromatic N) is 1. The Kier molecular flexibility index (Phi) is 5.38. The van der Waals surface area contributed by atoms with E-state index in [2.05, 4.69) is 6.07 Å². The summed E-state index contributed by atoms with van der Waals surface area (Å²) in [4.78, 5) is 12.7. The smallest absolute Gasteiger partial charge is 0.340 e. The molecule has 7 heteroatoms. The van der Waals surface area contributed by atoms with Gasteiger partial charge in [-0.3, -0.25) is 0 Å². The fourth-order valence-electron chi connectivity index (χ4n) is 3.68. The molecule has 0 saturated heterocycles. The van der Waals surface area contributed by atoms with Crippen molar-refractivity contribution in [3.63, 3.8) is 0 Å². The van der Waals surface area contributed by atoms with Crippen molar-refractivity contribution in [2.75, 3.05) is 13.7 Å². The third-order valence-corrected chi connectivity index (χ3v) is 4.97. The molecule has 0 saturated carbocycles. The molecule has 1 aliphatic carbocycles. The van der Waals surface area contributed by atoms with Crippen LogP contribution in [-0.4, -0.2) is 25.7 Å². The monoisotopic (exact) mass is 369 g/mol. The molecule has 3 rings (SSSR count). The first kappa shape index (κ1) is 18.8. The molecule has 2 aliphatic rings. The Bertz CT molecular complexity index is 836. The predicted octanol–water partition coefficient (Wildman–Crippen LogP) is 2.06. The van der Waals surface area contributed by atoms with Gasteiger partial charge >= 0.3 is 5.97 Å². The number of nitrogens with two attached hydrogens (primary N) is 2. The zero-order valence-corrected chi connectivity index (χ0v) is 15.4. The molecule has 1 aliphatic heterocycles. The summed E-state index contributed by atoms with van der Waals surface area (Å²) in [7, 11) is 1.58. The lowest BCUT2D eigenvalue weighted by Crippen LogP contribution is -2.39. The number of esters is 1. The minimum Gasteiger partial charge on any atom is -0.497 e. The molecule has 7 nitrogen and oxygen atoms in total. The molecule has 27 heavy (non-hydrogen) atoms. The van der Waals surface area contributed by atoms with Crippen LogP contribution in [0.3, 0.4) is 0 Å². The zero-order chi connectivity index (χ0) is 19.6. The first-order valence-electron chi connectivity index (χ1n) is 8.88. The van der Waals surface area contributed by atoms with E-state index in [9.17, 15) is 10.1 Å². The lowest BCUT2D eigenvalue weighted by molar-refractivity contribution is -0.139. The van der Waals surface area contributed by atoms with E-state index in [4.69, 9.17) is 25.7 Å². The van der Waals surface area contributed by atoms with E-state index in [1.807, 2.05) is 12.1 Å². The van der Waals surface area contributed by atoms with Crippen molar-refractivity contribution in [3.8, 4) is 11.8 Å². The van der Waals surface area contributed by atoms with Crippen LogP contribution in [0.25, 0.3) is 0 Å². The van der Waals surface area contributed by atoms with Crippen LogP contribution < -0.4 is 16.2 Å². The standard InChI is InChI=1S/C20H23N3O4/c1-3-26-20(24)18-16(11-4-6-12(25-2)7-5-11)17-13(10-21)14(22)8-9-15(17)27-19(18)23/h4-7,13-14,16H,3,8-9,22-23H2,1-2H3. The summed E-state index contributed by atoms with van der Waals surface area (Å²) in [6.45, 7) is 1.93. The molecule has 3 unspecified atom stereocenters. The highest BCUT2D eigenvalue weighted by Crippen LogP contribution is 2.47. The Morgan fingerprint density at radius 2 is 2.07 bits per heavy atom. The van der Waals surface area contributed by atoms with E-state index in [0.717, 1.165) is 5.56 Å². The molecule has 1 aromatic carbocycles. The number of methoxy groups -OCH3 is 1. The molecule has 0 aromatic heterocycles. The number of allylic oxidation sites excluding steroid dienone is 1. The summed E-state index contributed by atoms with van der Waals surface area (Å²) in [6.07, 6.45) is 1.19. The molecule has 1 heterocycles. The first-order chi connectivity index (χ1) is 13.0. The Morgan fingerprint density at radius 1 is 1.37 bits per heavy atom. The lowest BCUT2D eigenvalue weighted by Gasteiger charge is -2.37. The van der Waals surface area contributed by atoms with Crippen LogP contribution in [-0.2, 0) is 14.3 Å². The van der Waals surface area contributed by atoms with Crippen molar-refractivity contribution in [3.05, 3.63) is 52.6 Å². The quantitative estimate of drug-likeness (QED) is 0.779. The summed E-state index contributed by atoms with van der Waals surface area (Å²) in [6, 6.07) is 9.24. The fraction of sp³-hybridized carbons (Fsp3) is 0.400. The minimum atomic E-state index is -0.571. The van der Waals surface area contributed by atoms with Gasteiger partial charge in [0.05, 0.1) is 25.7 Å². The van der Waals surface area contributed by atoms with Crippen molar-refractivity contribution in [1.82, 2.24) is 0 Å². The second kappa shape index (κ2) is 7.72. The van der Waals surface area contributed by atoms with Gasteiger partial charge in [0.15, 0.2) is 0 Å². The minimum absolute atomic E-state index is 0.0141. The van der Waals surface area contributed by atoms with Gasteiger partial charge in [0.1, 0.15) is 17.1 Å². The van der Waals surface area contributed by atoms with Crippen LogP contribution in [0.15, 0.2) is 47.1 Å². The number of nitriles is 1. The van der Waals surface area contributed by atoms with Gasteiger partial charge in [-0.1, -0.05) is 12.1 Å². The van der Waals surface area contributed by atoms with E-state index in [1.54, 1.807) is 26.2 Å². The molecule has 0 radical (unpaired) electrons. The second-order valence-electron chi connectivity index (χ2n) is 6.49. The summed E-state index contributed by atoms with van der Waals surface area (Å²) in [5.74, 6) is -0.354. The van der Waals surface area contributed by atoms with Gasteiger partial charge in [-0.15, -0.1) is 0 Å². The van der Waals surface area contributed by atoms with Gasteiger partial charge in [-0.05, 0) is 36.6 Å². The third kappa shape index (κ3) is 3.36. The maximum Gasteiger partial charge on any atom is 0.340 e. The molecule has 0 fully saturated rings. The largest absolute Gasteiger partial charge is 0.497 e. The Morgan fingerprint density at radius 3 is 2.67 bits per heavy atom. The number of hydrogen-bond acceptors (Lipinski definition) is 7. The number of carbonyl (C=O) groups excluding carboxylic acids is 1. The summed E-state index contributed by atoms with van der Waals surface area (Å²) in [5.41, 5.74) is 14.0. The van der Waals surface area contributed by atoms with Crippen LogP contribution >= 0.6 is 0 Å². The highest BCUT2D eigenvalue weighted by atomic mass is 16.5. The molecule has 1 aromatic rings. The van der Waals surface area contributed by atoms with Crippen LogP contribution in [0.5, 0.6) is 5.75 Å². The summed E-state index contributed by atoms with van der Waals surface area (Å²) >= 11 is 0. The van der Waals surface area contributed by atoms with Crippen molar-refractivity contribution in [2.45, 2.75) is 31.7 Å². The molecule has 0 amide bonds. The van der Waals surface area contributed by atoms with E-state index < -0.39 is 17.8 Å². The van der Waals surface area contributed by atoms with E-state index >= 15 is 0 Å². The van der Waals surface area contributed by atoms with Gasteiger partial charge < -0.3 is 25.7 Å². The maximum absolute atomic E-state index is 12.7. The first-order valence-corrected chi connectivity index (χ1v) is 8.88. The van der Waals surface area contributed by atoms with E-state index in [1.165, 1.54) is 0 Å². The topological polar surface area (TPSA) is 121 Å². The van der Waals surface area contributed by atoms with Gasteiger partial charge in [0.2, 0.25) is 5.88 Å². The highest BCUT2D eigenvalue weighted by Gasteiger charge is 2.43. The Balaban J connectivity index is 2.16. The zero-order valence-electron chi connectivity index (χ0n) is 15.4. The number of ether oxygens (including phenoxy) is 3. The predicted molar refractivity (Wildman–Crippen MR) is 98.0 cm³/mol. The fourth-order valence-corrected chi connectivity index (χ4v) is 3.68.